The van der Waals surface area contributed by atoms with Crippen LogP contribution in [0.5, 0.6) is 0 Å². The van der Waals surface area contributed by atoms with E-state index in [2.05, 4.69) is 10.6 Å². The van der Waals surface area contributed by atoms with Crippen LogP contribution in [-0.4, -0.2) is 39.7 Å². The molecule has 2 aromatic carbocycles. The summed E-state index contributed by atoms with van der Waals surface area (Å²) in [7, 11) is 0. The Kier molecular flexibility index (Phi) is 5.72. The van der Waals surface area contributed by atoms with Crippen molar-refractivity contribution in [1.82, 2.24) is 9.47 Å². The minimum atomic E-state index is -0.690. The first kappa shape index (κ1) is 21.0. The number of fused-ring (bicyclic) bond motifs is 1. The monoisotopic (exact) mass is 420 g/mol. The van der Waals surface area contributed by atoms with Gasteiger partial charge in [0.2, 0.25) is 0 Å². The van der Waals surface area contributed by atoms with E-state index in [0.29, 0.717) is 13.0 Å². The number of carbonyl (C=O) groups is 2. The highest BCUT2D eigenvalue weighted by molar-refractivity contribution is 5.83. The lowest BCUT2D eigenvalue weighted by molar-refractivity contribution is -0.150. The van der Waals surface area contributed by atoms with Crippen molar-refractivity contribution in [2.75, 3.05) is 6.54 Å². The lowest BCUT2D eigenvalue weighted by Gasteiger charge is -2.27. The predicted molar refractivity (Wildman–Crippen MR) is 119 cm³/mol. The van der Waals surface area contributed by atoms with Gasteiger partial charge in [0.25, 0.3) is 0 Å². The van der Waals surface area contributed by atoms with Crippen molar-refractivity contribution >= 4 is 23.0 Å². The van der Waals surface area contributed by atoms with E-state index >= 15 is 0 Å². The molecular weight excluding hydrogens is 392 g/mol. The number of nitrogens with zero attached hydrogens (tertiary/aromatic N) is 2. The number of hydrogen-bond donors (Lipinski definition) is 0. The predicted octanol–water partition coefficient (Wildman–Crippen LogP) is 4.94. The van der Waals surface area contributed by atoms with Crippen LogP contribution in [-0.2, 0) is 20.9 Å². The number of ether oxygens (including phenoxy) is 2. The van der Waals surface area contributed by atoms with E-state index < -0.39 is 23.7 Å². The Morgan fingerprint density at radius 1 is 1.00 bits per heavy atom. The van der Waals surface area contributed by atoms with Gasteiger partial charge in [-0.3, -0.25) is 4.90 Å². The van der Waals surface area contributed by atoms with Crippen LogP contribution in [0.25, 0.3) is 10.9 Å². The molecule has 1 amide bonds. The maximum atomic E-state index is 13.0. The number of esters is 1. The standard InChI is InChI=1S/C25H28N2O4/c1-25(2,3)31-24(29)27-16-20(26-14-13-19-11-7-8-12-21(19)26)15-22(27)23(28)30-17-18-9-5-4-6-10-18/h4-14,20,22H,15-17H2,1-3H3/t20-,22-/m0/s1. The number of benzene rings is 2. The first-order valence-electron chi connectivity index (χ1n) is 10.6. The zero-order chi connectivity index (χ0) is 22.0. The first-order valence-corrected chi connectivity index (χ1v) is 10.6. The summed E-state index contributed by atoms with van der Waals surface area (Å²) in [5.41, 5.74) is 1.34. The number of hydrogen-bond acceptors (Lipinski definition) is 4. The fraction of sp³-hybridized carbons (Fsp3) is 0.360. The van der Waals surface area contributed by atoms with Gasteiger partial charge in [0.05, 0.1) is 6.04 Å². The van der Waals surface area contributed by atoms with Crippen molar-refractivity contribution < 1.29 is 19.1 Å². The lowest BCUT2D eigenvalue weighted by atomic mass is 10.1. The molecule has 0 N–H and O–H groups in total. The van der Waals surface area contributed by atoms with E-state index in [0.717, 1.165) is 16.5 Å². The third-order valence-corrected chi connectivity index (χ3v) is 5.43. The third kappa shape index (κ3) is 4.74. The van der Waals surface area contributed by atoms with Gasteiger partial charge in [0.15, 0.2) is 0 Å². The Morgan fingerprint density at radius 3 is 2.45 bits per heavy atom. The van der Waals surface area contributed by atoms with Gasteiger partial charge < -0.3 is 14.0 Å². The normalized spacial score (nSPS) is 18.9. The SMILES string of the molecule is CC(C)(C)OC(=O)N1C[C@@H](n2ccc3ccccc32)C[C@H]1C(=O)OCc1ccccc1. The van der Waals surface area contributed by atoms with Crippen molar-refractivity contribution in [2.24, 2.45) is 0 Å². The second-order valence-corrected chi connectivity index (χ2v) is 8.91. The van der Waals surface area contributed by atoms with Gasteiger partial charge in [-0.2, -0.15) is 0 Å². The van der Waals surface area contributed by atoms with E-state index in [1.807, 2.05) is 81.6 Å². The van der Waals surface area contributed by atoms with Crippen LogP contribution in [0.2, 0.25) is 0 Å². The van der Waals surface area contributed by atoms with Gasteiger partial charge >= 0.3 is 12.1 Å². The van der Waals surface area contributed by atoms with Crippen molar-refractivity contribution in [2.45, 2.75) is 51.5 Å². The van der Waals surface area contributed by atoms with E-state index in [9.17, 15) is 9.59 Å². The molecule has 2 atom stereocenters. The summed E-state index contributed by atoms with van der Waals surface area (Å²) in [4.78, 5) is 27.4. The molecular formula is C25H28N2O4. The highest BCUT2D eigenvalue weighted by Gasteiger charge is 2.43. The molecule has 0 aliphatic carbocycles. The van der Waals surface area contributed by atoms with Gasteiger partial charge in [-0.15, -0.1) is 0 Å². The van der Waals surface area contributed by atoms with Crippen LogP contribution < -0.4 is 0 Å². The average molecular weight is 421 g/mol. The summed E-state index contributed by atoms with van der Waals surface area (Å²) in [6.07, 6.45) is 2.00. The Bertz CT molecular complexity index is 1070. The van der Waals surface area contributed by atoms with Crippen LogP contribution in [0.1, 0.15) is 38.8 Å². The number of aromatic nitrogens is 1. The highest BCUT2D eigenvalue weighted by atomic mass is 16.6. The van der Waals surface area contributed by atoms with E-state index in [-0.39, 0.29) is 12.6 Å². The molecule has 3 aromatic rings. The molecule has 31 heavy (non-hydrogen) atoms. The van der Waals surface area contributed by atoms with Crippen molar-refractivity contribution in [3.8, 4) is 0 Å². The Hall–Kier alpha value is -3.28. The van der Waals surface area contributed by atoms with Gasteiger partial charge in [-0.05, 0) is 43.9 Å². The first-order chi connectivity index (χ1) is 14.8. The highest BCUT2D eigenvalue weighted by Crippen LogP contribution is 2.33. The molecule has 6 nitrogen and oxygen atoms in total. The van der Waals surface area contributed by atoms with Crippen molar-refractivity contribution in [1.29, 1.82) is 0 Å². The summed E-state index contributed by atoms with van der Waals surface area (Å²) in [5.74, 6) is -0.409. The molecule has 1 aliphatic heterocycles. The third-order valence-electron chi connectivity index (χ3n) is 5.43. The minimum Gasteiger partial charge on any atom is -0.459 e. The molecule has 0 bridgehead atoms. The number of likely N-dealkylation sites (tertiary alicyclic amines) is 1. The lowest BCUT2D eigenvalue weighted by Crippen LogP contribution is -2.44. The summed E-state index contributed by atoms with van der Waals surface area (Å²) in [6, 6.07) is 18.9. The number of rotatable bonds is 4. The van der Waals surface area contributed by atoms with Gasteiger partial charge in [0, 0.05) is 24.7 Å². The quantitative estimate of drug-likeness (QED) is 0.561. The molecule has 1 fully saturated rings. The largest absolute Gasteiger partial charge is 0.459 e. The van der Waals surface area contributed by atoms with Gasteiger partial charge in [-0.1, -0.05) is 48.5 Å². The molecule has 0 unspecified atom stereocenters. The maximum Gasteiger partial charge on any atom is 0.411 e. The summed E-state index contributed by atoms with van der Waals surface area (Å²) in [6.45, 7) is 6.02. The maximum absolute atomic E-state index is 13.0. The van der Waals surface area contributed by atoms with E-state index in [1.165, 1.54) is 4.90 Å². The number of para-hydroxylation sites is 1. The number of amides is 1. The Balaban J connectivity index is 1.55. The molecule has 0 radical (unpaired) electrons. The molecule has 0 spiro atoms. The number of carbonyl (C=O) groups excluding carboxylic acids is 2. The molecule has 162 valence electrons. The van der Waals surface area contributed by atoms with Crippen LogP contribution in [0.4, 0.5) is 4.79 Å². The summed E-state index contributed by atoms with van der Waals surface area (Å²) in [5, 5.41) is 1.13. The van der Waals surface area contributed by atoms with Crippen molar-refractivity contribution in [3.05, 3.63) is 72.4 Å². The van der Waals surface area contributed by atoms with E-state index in [1.54, 1.807) is 0 Å². The molecule has 6 heteroatoms. The zero-order valence-corrected chi connectivity index (χ0v) is 18.2. The molecule has 2 heterocycles. The fourth-order valence-electron chi connectivity index (χ4n) is 4.01. The van der Waals surface area contributed by atoms with Crippen molar-refractivity contribution in [3.63, 3.8) is 0 Å². The summed E-state index contributed by atoms with van der Waals surface area (Å²) >= 11 is 0. The smallest absolute Gasteiger partial charge is 0.411 e. The topological polar surface area (TPSA) is 60.8 Å². The minimum absolute atomic E-state index is 0.0401. The second-order valence-electron chi connectivity index (χ2n) is 8.91. The molecule has 4 rings (SSSR count). The summed E-state index contributed by atoms with van der Waals surface area (Å²) < 4.78 is 13.3. The van der Waals surface area contributed by atoms with E-state index in [4.69, 9.17) is 9.47 Å². The molecule has 0 saturated carbocycles. The second kappa shape index (κ2) is 8.46. The molecule has 1 saturated heterocycles. The fourth-order valence-corrected chi connectivity index (χ4v) is 4.01. The van der Waals surface area contributed by atoms with Crippen LogP contribution in [0.15, 0.2) is 66.9 Å². The zero-order valence-electron chi connectivity index (χ0n) is 18.2. The molecule has 1 aliphatic rings. The molecule has 1 aromatic heterocycles. The Morgan fingerprint density at radius 2 is 1.71 bits per heavy atom. The van der Waals surface area contributed by atoms with Crippen LogP contribution >= 0.6 is 0 Å². The van der Waals surface area contributed by atoms with Gasteiger partial charge in [0.1, 0.15) is 18.2 Å². The van der Waals surface area contributed by atoms with Gasteiger partial charge in [-0.25, -0.2) is 9.59 Å². The Labute approximate surface area is 182 Å². The van der Waals surface area contributed by atoms with Crippen LogP contribution in [0, 0.1) is 0 Å². The average Bonchev–Trinajstić information content (AvgIpc) is 3.36. The van der Waals surface area contributed by atoms with Crippen LogP contribution in [0.3, 0.4) is 0 Å².